The number of aryl methyl sites for hydroxylation is 1. The molecule has 0 bridgehead atoms. The Kier molecular flexibility index (Phi) is 2.99. The minimum Gasteiger partial charge on any atom is -0.478 e. The Hall–Kier alpha value is -2.61. The molecule has 20 heavy (non-hydrogen) atoms. The maximum atomic E-state index is 10.9. The van der Waals surface area contributed by atoms with Crippen molar-refractivity contribution in [3.8, 4) is 11.1 Å². The third-order valence-electron chi connectivity index (χ3n) is 3.48. The average molecular weight is 262 g/mol. The van der Waals surface area contributed by atoms with Crippen molar-refractivity contribution in [3.63, 3.8) is 0 Å². The van der Waals surface area contributed by atoms with Crippen LogP contribution in [0.4, 0.5) is 0 Å². The number of carboxylic acids is 1. The van der Waals surface area contributed by atoms with E-state index in [1.54, 1.807) is 12.1 Å². The lowest BCUT2D eigenvalue weighted by atomic mass is 9.96. The fourth-order valence-electron chi connectivity index (χ4n) is 2.45. The van der Waals surface area contributed by atoms with Gasteiger partial charge in [-0.25, -0.2) is 4.79 Å². The molecule has 3 aromatic carbocycles. The molecule has 0 aliphatic heterocycles. The Labute approximate surface area is 117 Å². The lowest BCUT2D eigenvalue weighted by Gasteiger charge is -2.08. The van der Waals surface area contributed by atoms with E-state index in [0.717, 1.165) is 11.1 Å². The van der Waals surface area contributed by atoms with Crippen molar-refractivity contribution in [1.29, 1.82) is 0 Å². The van der Waals surface area contributed by atoms with Gasteiger partial charge >= 0.3 is 5.97 Å². The molecule has 3 aromatic rings. The molecule has 0 atom stereocenters. The highest BCUT2D eigenvalue weighted by Crippen LogP contribution is 2.29. The molecule has 0 saturated carbocycles. The summed E-state index contributed by atoms with van der Waals surface area (Å²) in [4.78, 5) is 10.9. The van der Waals surface area contributed by atoms with Gasteiger partial charge in [-0.05, 0) is 41.0 Å². The van der Waals surface area contributed by atoms with Crippen LogP contribution < -0.4 is 0 Å². The van der Waals surface area contributed by atoms with Crippen LogP contribution in [0, 0.1) is 6.92 Å². The van der Waals surface area contributed by atoms with Gasteiger partial charge in [0.2, 0.25) is 0 Å². The molecule has 98 valence electrons. The Morgan fingerprint density at radius 1 is 0.950 bits per heavy atom. The summed E-state index contributed by atoms with van der Waals surface area (Å²) < 4.78 is 0. The molecule has 2 heteroatoms. The van der Waals surface area contributed by atoms with Gasteiger partial charge in [-0.3, -0.25) is 0 Å². The summed E-state index contributed by atoms with van der Waals surface area (Å²) in [5, 5.41) is 11.3. The number of benzene rings is 3. The molecule has 0 heterocycles. The van der Waals surface area contributed by atoms with Gasteiger partial charge in [0, 0.05) is 0 Å². The summed E-state index contributed by atoms with van der Waals surface area (Å²) in [6.45, 7) is 2.08. The second-order valence-electron chi connectivity index (χ2n) is 4.91. The van der Waals surface area contributed by atoms with Crippen molar-refractivity contribution in [2.75, 3.05) is 0 Å². The highest BCUT2D eigenvalue weighted by molar-refractivity contribution is 5.97. The maximum absolute atomic E-state index is 10.9. The van der Waals surface area contributed by atoms with Crippen LogP contribution in [0.2, 0.25) is 0 Å². The van der Waals surface area contributed by atoms with Gasteiger partial charge in [-0.2, -0.15) is 0 Å². The van der Waals surface area contributed by atoms with Gasteiger partial charge < -0.3 is 5.11 Å². The second kappa shape index (κ2) is 4.82. The summed E-state index contributed by atoms with van der Waals surface area (Å²) >= 11 is 0. The lowest BCUT2D eigenvalue weighted by molar-refractivity contribution is 0.0697. The molecule has 0 unspecified atom stereocenters. The summed E-state index contributed by atoms with van der Waals surface area (Å²) in [5.41, 5.74) is 3.70. The fourth-order valence-corrected chi connectivity index (χ4v) is 2.45. The van der Waals surface area contributed by atoms with Gasteiger partial charge in [0.15, 0.2) is 0 Å². The molecule has 0 amide bonds. The number of aromatic carboxylic acids is 1. The van der Waals surface area contributed by atoms with Gasteiger partial charge in [0.1, 0.15) is 0 Å². The molecule has 1 N–H and O–H groups in total. The average Bonchev–Trinajstić information content (AvgIpc) is 2.46. The monoisotopic (exact) mass is 262 g/mol. The molecule has 2 nitrogen and oxygen atoms in total. The van der Waals surface area contributed by atoms with Gasteiger partial charge in [0.25, 0.3) is 0 Å². The number of carboxylic acid groups (broad SMARTS) is 1. The van der Waals surface area contributed by atoms with Gasteiger partial charge in [0.05, 0.1) is 5.56 Å². The van der Waals surface area contributed by atoms with Crippen LogP contribution in [0.25, 0.3) is 21.9 Å². The molecule has 0 radical (unpaired) electrons. The second-order valence-corrected chi connectivity index (χ2v) is 4.91. The van der Waals surface area contributed by atoms with Crippen LogP contribution in [0.1, 0.15) is 15.9 Å². The van der Waals surface area contributed by atoms with E-state index in [0.29, 0.717) is 5.56 Å². The largest absolute Gasteiger partial charge is 0.478 e. The van der Waals surface area contributed by atoms with Crippen molar-refractivity contribution in [1.82, 2.24) is 0 Å². The third-order valence-corrected chi connectivity index (χ3v) is 3.48. The number of hydrogen-bond acceptors (Lipinski definition) is 1. The summed E-state index contributed by atoms with van der Waals surface area (Å²) in [5.74, 6) is -0.898. The van der Waals surface area contributed by atoms with Crippen LogP contribution in [-0.4, -0.2) is 11.1 Å². The van der Waals surface area contributed by atoms with Crippen LogP contribution in [0.5, 0.6) is 0 Å². The SMILES string of the molecule is Cc1ccc2c(-c3ccc(C(=O)O)cc3)cccc2c1. The van der Waals surface area contributed by atoms with Crippen molar-refractivity contribution >= 4 is 16.7 Å². The van der Waals surface area contributed by atoms with Crippen molar-refractivity contribution < 1.29 is 9.90 Å². The molecular formula is C18H14O2. The van der Waals surface area contributed by atoms with E-state index < -0.39 is 5.97 Å². The topological polar surface area (TPSA) is 37.3 Å². The molecule has 0 aliphatic rings. The molecule has 0 fully saturated rings. The normalized spacial score (nSPS) is 10.7. The Balaban J connectivity index is 2.16. The van der Waals surface area contributed by atoms with Crippen LogP contribution in [-0.2, 0) is 0 Å². The van der Waals surface area contributed by atoms with E-state index in [9.17, 15) is 4.79 Å². The quantitative estimate of drug-likeness (QED) is 0.737. The summed E-state index contributed by atoms with van der Waals surface area (Å²) in [6.07, 6.45) is 0. The van der Waals surface area contributed by atoms with Gasteiger partial charge in [-0.1, -0.05) is 54.1 Å². The first-order valence-corrected chi connectivity index (χ1v) is 6.48. The predicted octanol–water partition coefficient (Wildman–Crippen LogP) is 4.51. The predicted molar refractivity (Wildman–Crippen MR) is 81.1 cm³/mol. The molecule has 0 aromatic heterocycles. The molecule has 3 rings (SSSR count). The van der Waals surface area contributed by atoms with E-state index >= 15 is 0 Å². The van der Waals surface area contributed by atoms with Crippen molar-refractivity contribution in [2.24, 2.45) is 0 Å². The number of carbonyl (C=O) groups is 1. The highest BCUT2D eigenvalue weighted by Gasteiger charge is 2.06. The molecule has 0 spiro atoms. The van der Waals surface area contributed by atoms with Crippen molar-refractivity contribution in [2.45, 2.75) is 6.92 Å². The number of hydrogen-bond donors (Lipinski definition) is 1. The standard InChI is InChI=1S/C18H14O2/c1-12-5-10-17-15(11-12)3-2-4-16(17)13-6-8-14(9-7-13)18(19)20/h2-11H,1H3,(H,19,20). The zero-order valence-electron chi connectivity index (χ0n) is 11.1. The first kappa shape index (κ1) is 12.4. The van der Waals surface area contributed by atoms with Crippen molar-refractivity contribution in [3.05, 3.63) is 71.8 Å². The van der Waals surface area contributed by atoms with Crippen LogP contribution >= 0.6 is 0 Å². The number of fused-ring (bicyclic) bond motifs is 1. The van der Waals surface area contributed by atoms with E-state index in [1.165, 1.54) is 16.3 Å². The van der Waals surface area contributed by atoms with E-state index in [1.807, 2.05) is 18.2 Å². The van der Waals surface area contributed by atoms with Crippen LogP contribution in [0.3, 0.4) is 0 Å². The molecular weight excluding hydrogens is 248 g/mol. The van der Waals surface area contributed by atoms with Crippen LogP contribution in [0.15, 0.2) is 60.7 Å². The minimum atomic E-state index is -0.898. The molecule has 0 aliphatic carbocycles. The Morgan fingerprint density at radius 3 is 2.40 bits per heavy atom. The van der Waals surface area contributed by atoms with E-state index in [2.05, 4.69) is 37.3 Å². The smallest absolute Gasteiger partial charge is 0.335 e. The van der Waals surface area contributed by atoms with Gasteiger partial charge in [-0.15, -0.1) is 0 Å². The summed E-state index contributed by atoms with van der Waals surface area (Å²) in [7, 11) is 0. The third kappa shape index (κ3) is 2.16. The van der Waals surface area contributed by atoms with E-state index in [-0.39, 0.29) is 0 Å². The Bertz CT molecular complexity index is 786. The highest BCUT2D eigenvalue weighted by atomic mass is 16.4. The van der Waals surface area contributed by atoms with E-state index in [4.69, 9.17) is 5.11 Å². The number of rotatable bonds is 2. The maximum Gasteiger partial charge on any atom is 0.335 e. The summed E-state index contributed by atoms with van der Waals surface area (Å²) in [6, 6.07) is 19.6. The minimum absolute atomic E-state index is 0.310. The molecule has 0 saturated heterocycles. The lowest BCUT2D eigenvalue weighted by Crippen LogP contribution is -1.95. The fraction of sp³-hybridized carbons (Fsp3) is 0.0556. The first-order valence-electron chi connectivity index (χ1n) is 6.48. The zero-order chi connectivity index (χ0) is 14.1. The first-order chi connectivity index (χ1) is 9.65. The zero-order valence-corrected chi connectivity index (χ0v) is 11.1. The Morgan fingerprint density at radius 2 is 1.70 bits per heavy atom.